The summed E-state index contributed by atoms with van der Waals surface area (Å²) in [6, 6.07) is 9.54. The van der Waals surface area contributed by atoms with Crippen molar-refractivity contribution in [3.8, 4) is 11.3 Å². The Labute approximate surface area is 159 Å². The molecule has 0 radical (unpaired) electrons. The van der Waals surface area contributed by atoms with Gasteiger partial charge in [0.2, 0.25) is 0 Å². The molecule has 0 saturated carbocycles. The second-order valence-corrected chi connectivity index (χ2v) is 7.76. The van der Waals surface area contributed by atoms with Crippen molar-refractivity contribution in [1.29, 1.82) is 0 Å². The summed E-state index contributed by atoms with van der Waals surface area (Å²) in [5.41, 5.74) is 2.38. The Balaban J connectivity index is 1.40. The average molecular weight is 369 g/mol. The fourth-order valence-corrected chi connectivity index (χ4v) is 4.35. The van der Waals surface area contributed by atoms with Crippen molar-refractivity contribution in [2.24, 2.45) is 0 Å². The highest BCUT2D eigenvalue weighted by Crippen LogP contribution is 2.38. The SMILES string of the molecule is CC[C@H]1C[C@@H](O)CC2(CCN(C(=O)c3ccc(-c4ccn[nH]4)cc3)CC2)O1. The predicted molar refractivity (Wildman–Crippen MR) is 102 cm³/mol. The van der Waals surface area contributed by atoms with Crippen LogP contribution >= 0.6 is 0 Å². The Bertz CT molecular complexity index is 764. The molecule has 0 unspecified atom stereocenters. The van der Waals surface area contributed by atoms with Crippen LogP contribution in [0.2, 0.25) is 0 Å². The zero-order chi connectivity index (χ0) is 18.9. The molecule has 1 aromatic carbocycles. The molecule has 2 N–H and O–H groups in total. The topological polar surface area (TPSA) is 78.5 Å². The smallest absolute Gasteiger partial charge is 0.253 e. The number of carbonyl (C=O) groups is 1. The minimum absolute atomic E-state index is 0.0596. The minimum Gasteiger partial charge on any atom is -0.393 e. The number of ether oxygens (including phenoxy) is 1. The van der Waals surface area contributed by atoms with Gasteiger partial charge in [-0.2, -0.15) is 5.10 Å². The molecule has 1 spiro atoms. The van der Waals surface area contributed by atoms with Gasteiger partial charge in [-0.25, -0.2) is 0 Å². The van der Waals surface area contributed by atoms with Crippen LogP contribution in [0.15, 0.2) is 36.5 Å². The molecule has 6 nitrogen and oxygen atoms in total. The lowest BCUT2D eigenvalue weighted by Gasteiger charge is -2.47. The quantitative estimate of drug-likeness (QED) is 0.872. The van der Waals surface area contributed by atoms with Gasteiger partial charge in [-0.05, 0) is 49.4 Å². The van der Waals surface area contributed by atoms with Crippen molar-refractivity contribution in [3.05, 3.63) is 42.1 Å². The highest BCUT2D eigenvalue weighted by Gasteiger charge is 2.43. The molecule has 4 rings (SSSR count). The Hall–Kier alpha value is -2.18. The lowest BCUT2D eigenvalue weighted by Crippen LogP contribution is -2.53. The molecule has 27 heavy (non-hydrogen) atoms. The summed E-state index contributed by atoms with van der Waals surface area (Å²) in [6.07, 6.45) is 5.47. The van der Waals surface area contributed by atoms with Crippen molar-refractivity contribution in [3.63, 3.8) is 0 Å². The first-order valence-corrected chi connectivity index (χ1v) is 9.83. The van der Waals surface area contributed by atoms with Gasteiger partial charge in [0.15, 0.2) is 0 Å². The molecule has 0 bridgehead atoms. The van der Waals surface area contributed by atoms with Crippen LogP contribution < -0.4 is 0 Å². The van der Waals surface area contributed by atoms with Gasteiger partial charge < -0.3 is 14.7 Å². The maximum Gasteiger partial charge on any atom is 0.253 e. The molecular weight excluding hydrogens is 342 g/mol. The van der Waals surface area contributed by atoms with Gasteiger partial charge >= 0.3 is 0 Å². The molecule has 0 aliphatic carbocycles. The number of amides is 1. The standard InChI is InChI=1S/C21H27N3O3/c1-2-18-13-17(25)14-21(27-18)8-11-24(12-9-21)20(26)16-5-3-15(4-6-16)19-7-10-22-23-19/h3-7,10,17-18,25H,2,8-9,11-14H2,1H3,(H,22,23)/t17-,18+/m1/s1. The van der Waals surface area contributed by atoms with Crippen molar-refractivity contribution >= 4 is 5.91 Å². The van der Waals surface area contributed by atoms with Crippen LogP contribution in [-0.4, -0.2) is 57.0 Å². The number of hydrogen-bond donors (Lipinski definition) is 2. The molecule has 1 aromatic heterocycles. The molecule has 2 aliphatic rings. The molecule has 2 aromatic rings. The normalized spacial score (nSPS) is 24.9. The van der Waals surface area contributed by atoms with Gasteiger partial charge in [0.25, 0.3) is 5.91 Å². The average Bonchev–Trinajstić information content (AvgIpc) is 3.22. The highest BCUT2D eigenvalue weighted by atomic mass is 16.5. The van der Waals surface area contributed by atoms with E-state index in [0.717, 1.165) is 36.9 Å². The summed E-state index contributed by atoms with van der Waals surface area (Å²) in [7, 11) is 0. The summed E-state index contributed by atoms with van der Waals surface area (Å²) in [5.74, 6) is 0.0596. The van der Waals surface area contributed by atoms with Crippen LogP contribution in [0, 0.1) is 0 Å². The van der Waals surface area contributed by atoms with Crippen molar-refractivity contribution in [2.75, 3.05) is 13.1 Å². The number of carbonyl (C=O) groups excluding carboxylic acids is 1. The van der Waals surface area contributed by atoms with E-state index in [1.54, 1.807) is 6.20 Å². The third kappa shape index (κ3) is 3.77. The summed E-state index contributed by atoms with van der Waals surface area (Å²) < 4.78 is 6.32. The first kappa shape index (κ1) is 18.2. The number of aromatic nitrogens is 2. The number of nitrogens with zero attached hydrogens (tertiary/aromatic N) is 2. The first-order chi connectivity index (χ1) is 13.1. The Morgan fingerprint density at radius 3 is 2.67 bits per heavy atom. The van der Waals surface area contributed by atoms with Crippen LogP contribution in [0.25, 0.3) is 11.3 Å². The third-order valence-corrected chi connectivity index (χ3v) is 5.92. The van der Waals surface area contributed by atoms with Gasteiger partial charge in [0.1, 0.15) is 0 Å². The zero-order valence-corrected chi connectivity index (χ0v) is 15.7. The molecular formula is C21H27N3O3. The maximum atomic E-state index is 12.9. The lowest BCUT2D eigenvalue weighted by atomic mass is 9.81. The maximum absolute atomic E-state index is 12.9. The number of aliphatic hydroxyl groups excluding tert-OH is 1. The van der Waals surface area contributed by atoms with Crippen molar-refractivity contribution in [2.45, 2.75) is 56.8 Å². The summed E-state index contributed by atoms with van der Waals surface area (Å²) in [6.45, 7) is 3.44. The molecule has 2 aliphatic heterocycles. The third-order valence-electron chi connectivity index (χ3n) is 5.92. The van der Waals surface area contributed by atoms with E-state index in [4.69, 9.17) is 4.74 Å². The van der Waals surface area contributed by atoms with Gasteiger partial charge in [-0.3, -0.25) is 9.89 Å². The van der Waals surface area contributed by atoms with Crippen LogP contribution in [0.3, 0.4) is 0 Å². The molecule has 6 heteroatoms. The van der Waals surface area contributed by atoms with E-state index >= 15 is 0 Å². The number of likely N-dealkylation sites (tertiary alicyclic amines) is 1. The molecule has 144 valence electrons. The minimum atomic E-state index is -0.291. The van der Waals surface area contributed by atoms with E-state index in [1.807, 2.05) is 35.2 Å². The van der Waals surface area contributed by atoms with E-state index in [2.05, 4.69) is 17.1 Å². The summed E-state index contributed by atoms with van der Waals surface area (Å²) >= 11 is 0. The van der Waals surface area contributed by atoms with Gasteiger partial charge in [0.05, 0.1) is 23.5 Å². The largest absolute Gasteiger partial charge is 0.393 e. The fourth-order valence-electron chi connectivity index (χ4n) is 4.35. The number of rotatable bonds is 3. The fraction of sp³-hybridized carbons (Fsp3) is 0.524. The van der Waals surface area contributed by atoms with Gasteiger partial charge in [0, 0.05) is 31.3 Å². The second-order valence-electron chi connectivity index (χ2n) is 7.76. The van der Waals surface area contributed by atoms with Crippen LogP contribution in [0.5, 0.6) is 0 Å². The van der Waals surface area contributed by atoms with Crippen LogP contribution in [0.1, 0.15) is 49.4 Å². The van der Waals surface area contributed by atoms with Crippen LogP contribution in [-0.2, 0) is 4.74 Å². The second kappa shape index (κ2) is 7.44. The Morgan fingerprint density at radius 1 is 1.30 bits per heavy atom. The zero-order valence-electron chi connectivity index (χ0n) is 15.7. The van der Waals surface area contributed by atoms with Crippen molar-refractivity contribution in [1.82, 2.24) is 15.1 Å². The summed E-state index contributed by atoms with van der Waals surface area (Å²) in [5, 5.41) is 17.1. The number of aromatic amines is 1. The van der Waals surface area contributed by atoms with E-state index in [1.165, 1.54) is 0 Å². The molecule has 1 amide bonds. The lowest BCUT2D eigenvalue weighted by molar-refractivity contribution is -0.179. The van der Waals surface area contributed by atoms with E-state index in [-0.39, 0.29) is 23.7 Å². The van der Waals surface area contributed by atoms with Crippen LogP contribution in [0.4, 0.5) is 0 Å². The number of benzene rings is 1. The number of hydrogen-bond acceptors (Lipinski definition) is 4. The summed E-state index contributed by atoms with van der Waals surface area (Å²) in [4.78, 5) is 14.8. The first-order valence-electron chi connectivity index (χ1n) is 9.83. The van der Waals surface area contributed by atoms with E-state index in [9.17, 15) is 9.90 Å². The van der Waals surface area contributed by atoms with E-state index in [0.29, 0.717) is 25.1 Å². The van der Waals surface area contributed by atoms with E-state index < -0.39 is 0 Å². The molecule has 2 atom stereocenters. The number of aliphatic hydroxyl groups is 1. The highest BCUT2D eigenvalue weighted by molar-refractivity contribution is 5.94. The van der Waals surface area contributed by atoms with Gasteiger partial charge in [-0.1, -0.05) is 19.1 Å². The number of piperidine rings is 1. The van der Waals surface area contributed by atoms with Crippen molar-refractivity contribution < 1.29 is 14.6 Å². The Morgan fingerprint density at radius 2 is 2.04 bits per heavy atom. The van der Waals surface area contributed by atoms with Gasteiger partial charge in [-0.15, -0.1) is 0 Å². The monoisotopic (exact) mass is 369 g/mol. The number of H-pyrrole nitrogens is 1. The molecule has 3 heterocycles. The molecule has 2 fully saturated rings. The number of nitrogens with one attached hydrogen (secondary N) is 1. The molecule has 2 saturated heterocycles. The Kier molecular flexibility index (Phi) is 5.02. The predicted octanol–water partition coefficient (Wildman–Crippen LogP) is 3.00.